The molecule has 4 aromatic rings. The minimum absolute atomic E-state index is 0.0635. The van der Waals surface area contributed by atoms with E-state index in [9.17, 15) is 31.2 Å². The Morgan fingerprint density at radius 1 is 0.631 bits per heavy atom. The van der Waals surface area contributed by atoms with Crippen LogP contribution in [0.2, 0.25) is 0 Å². The van der Waals surface area contributed by atoms with Crippen LogP contribution in [0.4, 0.5) is 26.4 Å². The van der Waals surface area contributed by atoms with Crippen LogP contribution in [0.5, 0.6) is 0 Å². The van der Waals surface area contributed by atoms with Gasteiger partial charge in [0.15, 0.2) is 10.3 Å². The van der Waals surface area contributed by atoms with Gasteiger partial charge < -0.3 is 35.4 Å². The molecule has 6 rings (SSSR count). The van der Waals surface area contributed by atoms with Crippen LogP contribution < -0.4 is 35.2 Å². The molecular weight excluding hydrogens is 913 g/mol. The molecule has 0 aliphatic carbocycles. The molecule has 22 heteroatoms. The number of thiazole rings is 2. The highest BCUT2D eigenvalue weighted by Crippen LogP contribution is 2.38. The van der Waals surface area contributed by atoms with E-state index >= 15 is 0 Å². The lowest BCUT2D eigenvalue weighted by Gasteiger charge is -2.35. The quantitative estimate of drug-likeness (QED) is 0.120. The molecule has 0 bridgehead atoms. The lowest BCUT2D eigenvalue weighted by Crippen LogP contribution is -2.50. The molecule has 2 aliphatic rings. The van der Waals surface area contributed by atoms with Crippen LogP contribution in [0.15, 0.2) is 58.6 Å². The Morgan fingerprint density at radius 3 is 1.40 bits per heavy atom. The first-order chi connectivity index (χ1) is 30.1. The zero-order valence-corrected chi connectivity index (χ0v) is 42.2. The number of piperazine rings is 2. The number of rotatable bonds is 10. The molecule has 2 aromatic heterocycles. The molecule has 2 aliphatic heterocycles. The van der Waals surface area contributed by atoms with Crippen LogP contribution in [0.25, 0.3) is 20.9 Å². The number of benzene rings is 2. The number of amides is 3. The second kappa shape index (κ2) is 20.4. The summed E-state index contributed by atoms with van der Waals surface area (Å²) in [6.07, 6.45) is 3.04. The number of carbonyl (C=O) groups is 3. The van der Waals surface area contributed by atoms with E-state index in [-0.39, 0.29) is 27.7 Å². The van der Waals surface area contributed by atoms with Gasteiger partial charge in [-0.2, -0.15) is 0 Å². The normalized spacial score (nSPS) is 15.2. The lowest BCUT2D eigenvalue weighted by atomic mass is 10.1. The first-order valence-electron chi connectivity index (χ1n) is 21.1. The van der Waals surface area contributed by atoms with E-state index in [1.165, 1.54) is 48.7 Å². The Hall–Kier alpha value is -4.71. The Bertz CT molecular complexity index is 2560. The second-order valence-corrected chi connectivity index (χ2v) is 24.0. The van der Waals surface area contributed by atoms with Crippen LogP contribution in [0.1, 0.15) is 76.2 Å². The average Bonchev–Trinajstić information content (AvgIpc) is 3.87. The molecule has 0 atom stereocenters. The van der Waals surface area contributed by atoms with Crippen LogP contribution in [0.3, 0.4) is 0 Å². The zero-order chi connectivity index (χ0) is 48.1. The number of hydrogen-bond donors (Lipinski definition) is 5. The Labute approximate surface area is 391 Å². The van der Waals surface area contributed by atoms with Crippen molar-refractivity contribution in [3.8, 4) is 20.9 Å². The van der Waals surface area contributed by atoms with Gasteiger partial charge in [-0.05, 0) is 86.6 Å². The van der Waals surface area contributed by atoms with E-state index in [4.69, 9.17) is 4.74 Å². The Morgan fingerprint density at radius 2 is 1.03 bits per heavy atom. The van der Waals surface area contributed by atoms with E-state index in [0.717, 1.165) is 41.3 Å². The third-order valence-electron chi connectivity index (χ3n) is 9.17. The highest BCUT2D eigenvalue weighted by molar-refractivity contribution is 7.90. The average molecular weight is 975 g/mol. The number of carbonyl (C=O) groups excluding carboxylic acids is 3. The molecule has 356 valence electrons. The number of nitrogens with zero attached hydrogens (tertiary/aromatic N) is 5. The fraction of sp³-hybridized carbons (Fsp3) is 0.512. The predicted octanol–water partition coefficient (Wildman–Crippen LogP) is 6.16. The lowest BCUT2D eigenvalue weighted by molar-refractivity contribution is -0.115. The smallest absolute Gasteiger partial charge is 0.410 e. The molecule has 0 radical (unpaired) electrons. The van der Waals surface area contributed by atoms with Gasteiger partial charge in [0.2, 0.25) is 31.9 Å². The van der Waals surface area contributed by atoms with Crippen molar-refractivity contribution >= 4 is 82.3 Å². The van der Waals surface area contributed by atoms with Gasteiger partial charge in [0, 0.05) is 112 Å². The van der Waals surface area contributed by atoms with Gasteiger partial charge in [0.05, 0.1) is 19.5 Å². The van der Waals surface area contributed by atoms with Gasteiger partial charge in [0.25, 0.3) is 0 Å². The molecule has 0 spiro atoms. The molecule has 18 nitrogen and oxygen atoms in total. The SMILES string of the molecule is CC(=O)Nc1ccc(-c2cnc(N3CCN(C(=O)OC(C)(C)C)CC3)s2)c(S(=O)(=O)NC(C)(C)C)c1.CC(=O)Nc1ccc(-c2cnc(N3CCNCC3)s2)c(S(=O)(=O)NC(C)(C)C)c1. The summed E-state index contributed by atoms with van der Waals surface area (Å²) in [5.41, 5.74) is 0.0121. The van der Waals surface area contributed by atoms with Crippen molar-refractivity contribution in [2.45, 2.75) is 103 Å². The Balaban J connectivity index is 0.000000250. The molecule has 65 heavy (non-hydrogen) atoms. The number of anilines is 4. The van der Waals surface area contributed by atoms with Crippen molar-refractivity contribution in [2.24, 2.45) is 0 Å². The molecule has 0 unspecified atom stereocenters. The summed E-state index contributed by atoms with van der Waals surface area (Å²) in [4.78, 5) is 52.0. The minimum Gasteiger partial charge on any atom is -0.444 e. The largest absolute Gasteiger partial charge is 0.444 e. The van der Waals surface area contributed by atoms with Crippen LogP contribution in [-0.2, 0) is 34.4 Å². The highest BCUT2D eigenvalue weighted by Gasteiger charge is 2.30. The monoisotopic (exact) mass is 974 g/mol. The Kier molecular flexibility index (Phi) is 16.1. The molecule has 0 saturated carbocycles. The topological polar surface area (TPSA) is 224 Å². The fourth-order valence-electron chi connectivity index (χ4n) is 6.71. The van der Waals surface area contributed by atoms with Gasteiger partial charge in [0.1, 0.15) is 5.60 Å². The van der Waals surface area contributed by atoms with E-state index in [1.54, 1.807) is 83.1 Å². The molecule has 3 amide bonds. The summed E-state index contributed by atoms with van der Waals surface area (Å²) in [7, 11) is -7.71. The van der Waals surface area contributed by atoms with Gasteiger partial charge >= 0.3 is 6.09 Å². The predicted molar refractivity (Wildman–Crippen MR) is 259 cm³/mol. The second-order valence-electron chi connectivity index (χ2n) is 18.7. The summed E-state index contributed by atoms with van der Waals surface area (Å²) in [5.74, 6) is -0.552. The molecule has 5 N–H and O–H groups in total. The third-order valence-corrected chi connectivity index (χ3v) is 15.0. The van der Waals surface area contributed by atoms with Gasteiger partial charge in [-0.1, -0.05) is 34.8 Å². The molecular formula is C43H62N10O8S4. The highest BCUT2D eigenvalue weighted by atomic mass is 32.2. The molecule has 2 fully saturated rings. The molecule has 2 aromatic carbocycles. The van der Waals surface area contributed by atoms with Crippen molar-refractivity contribution in [1.82, 2.24) is 29.6 Å². The molecule has 2 saturated heterocycles. The van der Waals surface area contributed by atoms with E-state index < -0.39 is 36.7 Å². The number of nitrogens with one attached hydrogen (secondary N) is 5. The van der Waals surface area contributed by atoms with E-state index in [2.05, 4.69) is 45.2 Å². The maximum Gasteiger partial charge on any atom is 0.410 e. The van der Waals surface area contributed by atoms with Crippen LogP contribution >= 0.6 is 22.7 Å². The number of aromatic nitrogens is 2. The van der Waals surface area contributed by atoms with Crippen molar-refractivity contribution in [3.63, 3.8) is 0 Å². The van der Waals surface area contributed by atoms with Crippen LogP contribution in [0, 0.1) is 0 Å². The van der Waals surface area contributed by atoms with Crippen molar-refractivity contribution in [1.29, 1.82) is 0 Å². The summed E-state index contributed by atoms with van der Waals surface area (Å²) < 4.78 is 63.7. The summed E-state index contributed by atoms with van der Waals surface area (Å²) in [6, 6.07) is 9.74. The van der Waals surface area contributed by atoms with Gasteiger partial charge in [-0.15, -0.1) is 0 Å². The van der Waals surface area contributed by atoms with E-state index in [0.29, 0.717) is 53.6 Å². The summed E-state index contributed by atoms with van der Waals surface area (Å²) >= 11 is 2.85. The fourth-order valence-corrected chi connectivity index (χ4v) is 12.2. The zero-order valence-electron chi connectivity index (χ0n) is 38.9. The first-order valence-corrected chi connectivity index (χ1v) is 25.7. The summed E-state index contributed by atoms with van der Waals surface area (Å²) in [6.45, 7) is 24.7. The van der Waals surface area contributed by atoms with Crippen molar-refractivity contribution < 1.29 is 36.0 Å². The van der Waals surface area contributed by atoms with Crippen LogP contribution in [-0.4, -0.2) is 119 Å². The first kappa shape index (κ1) is 51.3. The third kappa shape index (κ3) is 14.9. The number of ether oxygens (including phenoxy) is 1. The molecule has 4 heterocycles. The maximum absolute atomic E-state index is 13.3. The number of sulfonamides is 2. The van der Waals surface area contributed by atoms with Gasteiger partial charge in [-0.25, -0.2) is 41.0 Å². The standard InChI is InChI=1S/C24H35N5O5S2.C19H27N5O3S2/c1-16(30)26-17-8-9-18(20(14-17)36(32,33)27-23(2,3)4)19-15-25-21(35-19)28-10-12-29(13-11-28)22(31)34-24(5,6)7;1-13(25)22-14-5-6-15(17(11-14)29(26,27)23-19(2,3)4)16-12-21-18(28-16)24-9-7-20-8-10-24/h8-9,14-15,27H,10-13H2,1-7H3,(H,26,30);5-6,11-12,20,23H,7-10H2,1-4H3,(H,22,25). The van der Waals surface area contributed by atoms with Gasteiger partial charge in [-0.3, -0.25) is 9.59 Å². The maximum atomic E-state index is 13.3. The van der Waals surface area contributed by atoms with Crippen molar-refractivity contribution in [3.05, 3.63) is 48.8 Å². The minimum atomic E-state index is -3.90. The summed E-state index contributed by atoms with van der Waals surface area (Å²) in [5, 5.41) is 10.2. The van der Waals surface area contributed by atoms with Crippen molar-refractivity contribution in [2.75, 3.05) is 72.8 Å². The van der Waals surface area contributed by atoms with E-state index in [1.807, 2.05) is 20.8 Å². The number of hydrogen-bond acceptors (Lipinski definition) is 15.